The summed E-state index contributed by atoms with van der Waals surface area (Å²) < 4.78 is 6.87. The molecular weight excluding hydrogens is 621 g/mol. The number of benzene rings is 7. The number of ether oxygens (including phenoxy) is 1. The molecule has 0 bridgehead atoms. The Labute approximate surface area is 300 Å². The second-order valence-corrected chi connectivity index (χ2v) is 15.0. The predicted octanol–water partition coefficient (Wildman–Crippen LogP) is 13.3. The fourth-order valence-corrected chi connectivity index (χ4v) is 8.83. The first kappa shape index (κ1) is 29.8. The minimum Gasteiger partial charge on any atom is -0.453 e. The Morgan fingerprint density at radius 2 is 1.10 bits per heavy atom. The second-order valence-electron chi connectivity index (χ2n) is 15.0. The maximum atomic E-state index is 6.87. The van der Waals surface area contributed by atoms with Crippen molar-refractivity contribution in [2.24, 2.45) is 0 Å². The third-order valence-electron chi connectivity index (χ3n) is 11.4. The maximum Gasteiger partial charge on any atom is 0.153 e. The van der Waals surface area contributed by atoms with Crippen LogP contribution in [-0.2, 0) is 10.8 Å². The fourth-order valence-electron chi connectivity index (χ4n) is 8.83. The van der Waals surface area contributed by atoms with Crippen molar-refractivity contribution < 1.29 is 4.74 Å². The van der Waals surface area contributed by atoms with Crippen LogP contribution in [0.3, 0.4) is 0 Å². The third kappa shape index (κ3) is 4.24. The smallest absolute Gasteiger partial charge is 0.153 e. The zero-order valence-corrected chi connectivity index (χ0v) is 29.3. The lowest BCUT2D eigenvalue weighted by Crippen LogP contribution is -2.33. The van der Waals surface area contributed by atoms with Gasteiger partial charge < -0.3 is 14.5 Å². The van der Waals surface area contributed by atoms with Gasteiger partial charge in [0, 0.05) is 22.2 Å². The molecule has 0 amide bonds. The lowest BCUT2D eigenvalue weighted by molar-refractivity contribution is 0.471. The van der Waals surface area contributed by atoms with Gasteiger partial charge >= 0.3 is 0 Å². The SMILES string of the molecule is CC1(C)c2ccccc2-c2ccc(N(c3ccccc3)c3cccc4c3N3c5ccc(-c6ccccc6)cc5C(C)(C)c5cccc(c53)O4)cc21. The van der Waals surface area contributed by atoms with E-state index >= 15 is 0 Å². The van der Waals surface area contributed by atoms with Gasteiger partial charge in [-0.3, -0.25) is 0 Å². The molecule has 3 nitrogen and oxygen atoms in total. The van der Waals surface area contributed by atoms with E-state index in [0.717, 1.165) is 39.9 Å². The zero-order chi connectivity index (χ0) is 34.5. The van der Waals surface area contributed by atoms with Crippen LogP contribution in [-0.4, -0.2) is 0 Å². The number of para-hydroxylation sites is 3. The molecule has 0 saturated heterocycles. The summed E-state index contributed by atoms with van der Waals surface area (Å²) in [5, 5.41) is 0. The molecule has 0 radical (unpaired) electrons. The van der Waals surface area contributed by atoms with E-state index in [4.69, 9.17) is 4.74 Å². The Morgan fingerprint density at radius 3 is 1.90 bits per heavy atom. The molecule has 7 aromatic rings. The van der Waals surface area contributed by atoms with Crippen LogP contribution in [0, 0.1) is 0 Å². The molecule has 2 heterocycles. The standard InChI is InChI=1S/C48H38N2O/c1-47(2)37-20-12-11-19-35(37)36-27-26-34(30-39(36)47)49(33-17-9-6-10-18-33)42-22-14-24-44-46(42)50-41-28-25-32(31-15-7-5-8-16-31)29-40(41)48(3,4)38-21-13-23-43(51-44)45(38)50/h5-30H,1-4H3. The lowest BCUT2D eigenvalue weighted by atomic mass is 9.72. The Morgan fingerprint density at radius 1 is 0.451 bits per heavy atom. The van der Waals surface area contributed by atoms with E-state index in [2.05, 4.69) is 195 Å². The van der Waals surface area contributed by atoms with E-state index in [1.54, 1.807) is 0 Å². The summed E-state index contributed by atoms with van der Waals surface area (Å²) in [6.45, 7) is 9.38. The molecule has 0 N–H and O–H groups in total. The Hall–Kier alpha value is -6.06. The molecule has 7 aromatic carbocycles. The third-order valence-corrected chi connectivity index (χ3v) is 11.4. The maximum absolute atomic E-state index is 6.87. The summed E-state index contributed by atoms with van der Waals surface area (Å²) in [5.74, 6) is 1.72. The number of hydrogen-bond donors (Lipinski definition) is 0. The molecule has 3 aliphatic rings. The lowest BCUT2D eigenvalue weighted by Gasteiger charge is -2.46. The van der Waals surface area contributed by atoms with Crippen molar-refractivity contribution in [3.8, 4) is 33.8 Å². The van der Waals surface area contributed by atoms with Gasteiger partial charge in [-0.15, -0.1) is 0 Å². The van der Waals surface area contributed by atoms with Gasteiger partial charge in [0.25, 0.3) is 0 Å². The van der Waals surface area contributed by atoms with Gasteiger partial charge in [0.1, 0.15) is 5.69 Å². The minimum absolute atomic E-state index is 0.120. The van der Waals surface area contributed by atoms with E-state index < -0.39 is 0 Å². The number of hydrogen-bond acceptors (Lipinski definition) is 3. The number of anilines is 6. The average molecular weight is 659 g/mol. The zero-order valence-electron chi connectivity index (χ0n) is 29.3. The van der Waals surface area contributed by atoms with Crippen LogP contribution in [0.4, 0.5) is 34.1 Å². The molecule has 0 saturated carbocycles. The van der Waals surface area contributed by atoms with Crippen molar-refractivity contribution >= 4 is 34.1 Å². The molecule has 0 spiro atoms. The van der Waals surface area contributed by atoms with Crippen LogP contribution in [0.15, 0.2) is 158 Å². The summed E-state index contributed by atoms with van der Waals surface area (Å²) in [5.41, 5.74) is 16.6. The predicted molar refractivity (Wildman–Crippen MR) is 211 cm³/mol. The van der Waals surface area contributed by atoms with Crippen molar-refractivity contribution in [3.63, 3.8) is 0 Å². The van der Waals surface area contributed by atoms with Gasteiger partial charge in [-0.2, -0.15) is 0 Å². The van der Waals surface area contributed by atoms with Gasteiger partial charge in [0.2, 0.25) is 0 Å². The van der Waals surface area contributed by atoms with Gasteiger partial charge in [-0.25, -0.2) is 0 Å². The van der Waals surface area contributed by atoms with Crippen LogP contribution < -0.4 is 14.5 Å². The molecule has 246 valence electrons. The van der Waals surface area contributed by atoms with E-state index in [9.17, 15) is 0 Å². The van der Waals surface area contributed by atoms with Crippen LogP contribution >= 0.6 is 0 Å². The van der Waals surface area contributed by atoms with Crippen molar-refractivity contribution in [1.82, 2.24) is 0 Å². The number of nitrogens with zero attached hydrogens (tertiary/aromatic N) is 2. The van der Waals surface area contributed by atoms with E-state index in [1.807, 2.05) is 0 Å². The number of rotatable bonds is 4. The van der Waals surface area contributed by atoms with E-state index in [0.29, 0.717) is 0 Å². The van der Waals surface area contributed by atoms with Gasteiger partial charge in [0.15, 0.2) is 11.5 Å². The molecule has 10 rings (SSSR count). The molecule has 51 heavy (non-hydrogen) atoms. The summed E-state index contributed by atoms with van der Waals surface area (Å²) in [7, 11) is 0. The molecule has 3 heteroatoms. The average Bonchev–Trinajstić information content (AvgIpc) is 3.39. The normalized spacial score (nSPS) is 15.1. The first-order chi connectivity index (χ1) is 24.8. The van der Waals surface area contributed by atoms with Crippen LogP contribution in [0.1, 0.15) is 49.9 Å². The van der Waals surface area contributed by atoms with Gasteiger partial charge in [-0.05, 0) is 99.1 Å². The van der Waals surface area contributed by atoms with Crippen LogP contribution in [0.5, 0.6) is 11.5 Å². The van der Waals surface area contributed by atoms with Crippen molar-refractivity contribution in [3.05, 3.63) is 180 Å². The first-order valence-electron chi connectivity index (χ1n) is 17.9. The number of fused-ring (bicyclic) bond motifs is 7. The summed E-state index contributed by atoms with van der Waals surface area (Å²) in [6.07, 6.45) is 0. The summed E-state index contributed by atoms with van der Waals surface area (Å²) in [4.78, 5) is 4.88. The minimum atomic E-state index is -0.253. The van der Waals surface area contributed by atoms with Crippen LogP contribution in [0.2, 0.25) is 0 Å². The largest absolute Gasteiger partial charge is 0.453 e. The van der Waals surface area contributed by atoms with Gasteiger partial charge in [-0.1, -0.05) is 131 Å². The fraction of sp³-hybridized carbons (Fsp3) is 0.125. The highest BCUT2D eigenvalue weighted by Gasteiger charge is 2.43. The highest BCUT2D eigenvalue weighted by molar-refractivity contribution is 6.01. The summed E-state index contributed by atoms with van der Waals surface area (Å²) >= 11 is 0. The highest BCUT2D eigenvalue weighted by atomic mass is 16.5. The molecule has 1 aliphatic carbocycles. The Bertz CT molecular complexity index is 2510. The summed E-state index contributed by atoms with van der Waals surface area (Å²) in [6, 6.07) is 57.3. The molecular formula is C48H38N2O. The first-order valence-corrected chi connectivity index (χ1v) is 17.9. The highest BCUT2D eigenvalue weighted by Crippen LogP contribution is 2.63. The molecule has 0 aromatic heterocycles. The van der Waals surface area contributed by atoms with Crippen molar-refractivity contribution in [2.45, 2.75) is 38.5 Å². The van der Waals surface area contributed by atoms with Crippen LogP contribution in [0.25, 0.3) is 22.3 Å². The monoisotopic (exact) mass is 658 g/mol. The molecule has 0 unspecified atom stereocenters. The van der Waals surface area contributed by atoms with Crippen molar-refractivity contribution in [2.75, 3.05) is 9.80 Å². The topological polar surface area (TPSA) is 15.7 Å². The second kappa shape index (κ2) is 10.7. The molecule has 0 atom stereocenters. The quantitative estimate of drug-likeness (QED) is 0.187. The van der Waals surface area contributed by atoms with E-state index in [-0.39, 0.29) is 10.8 Å². The van der Waals surface area contributed by atoms with Crippen molar-refractivity contribution in [1.29, 1.82) is 0 Å². The molecule has 2 aliphatic heterocycles. The Balaban J connectivity index is 1.22. The van der Waals surface area contributed by atoms with Gasteiger partial charge in [0.05, 0.1) is 17.1 Å². The molecule has 0 fully saturated rings. The van der Waals surface area contributed by atoms with E-state index in [1.165, 1.54) is 50.2 Å². The Kier molecular flexibility index (Phi) is 6.27.